The summed E-state index contributed by atoms with van der Waals surface area (Å²) in [4.78, 5) is 24.7. The van der Waals surface area contributed by atoms with Crippen molar-refractivity contribution in [2.75, 3.05) is 19.5 Å². The van der Waals surface area contributed by atoms with E-state index in [1.807, 2.05) is 0 Å². The van der Waals surface area contributed by atoms with Crippen molar-refractivity contribution in [2.45, 2.75) is 6.42 Å². The lowest BCUT2D eigenvalue weighted by molar-refractivity contribution is -0.114. The Hall–Kier alpha value is -5.00. The van der Waals surface area contributed by atoms with Gasteiger partial charge in [0.15, 0.2) is 34.6 Å². The van der Waals surface area contributed by atoms with Crippen LogP contribution in [0, 0.1) is 23.3 Å². The maximum atomic E-state index is 15.3. The number of anilines is 2. The minimum absolute atomic E-state index is 0.0437. The van der Waals surface area contributed by atoms with Crippen LogP contribution in [-0.2, 0) is 11.2 Å². The summed E-state index contributed by atoms with van der Waals surface area (Å²) in [5.41, 5.74) is -0.0504. The van der Waals surface area contributed by atoms with E-state index in [1.165, 1.54) is 43.3 Å². The highest BCUT2D eigenvalue weighted by molar-refractivity contribution is 5.93. The minimum atomic E-state index is -0.952. The number of ketones is 1. The highest BCUT2D eigenvalue weighted by Gasteiger charge is 2.25. The monoisotopic (exact) mass is 537 g/mol. The summed E-state index contributed by atoms with van der Waals surface area (Å²) in [6.07, 6.45) is 5.05. The third kappa shape index (κ3) is 4.49. The lowest BCUT2D eigenvalue weighted by Gasteiger charge is -2.15. The zero-order valence-corrected chi connectivity index (χ0v) is 20.6. The van der Waals surface area contributed by atoms with E-state index in [2.05, 4.69) is 26.8 Å². The van der Waals surface area contributed by atoms with Crippen LogP contribution in [0.5, 0.6) is 11.5 Å². The molecule has 0 spiro atoms. The van der Waals surface area contributed by atoms with Crippen LogP contribution in [0.1, 0.15) is 5.56 Å². The molecule has 0 bridgehead atoms. The smallest absolute Gasteiger partial charge is 0.229 e. The molecule has 198 valence electrons. The van der Waals surface area contributed by atoms with Crippen LogP contribution in [-0.4, -0.2) is 39.4 Å². The Morgan fingerprint density at radius 1 is 1.03 bits per heavy atom. The van der Waals surface area contributed by atoms with Crippen molar-refractivity contribution in [3.63, 3.8) is 0 Å². The Morgan fingerprint density at radius 3 is 2.41 bits per heavy atom. The predicted octanol–water partition coefficient (Wildman–Crippen LogP) is 5.56. The molecule has 12 heteroatoms. The first-order chi connectivity index (χ1) is 18.7. The fraction of sp³-hybridized carbons (Fsp3) is 0.111. The summed E-state index contributed by atoms with van der Waals surface area (Å²) < 4.78 is 70.8. The second-order valence-corrected chi connectivity index (χ2v) is 8.33. The molecule has 0 saturated carbocycles. The number of nitrogens with zero attached hydrogens (tertiary/aromatic N) is 4. The van der Waals surface area contributed by atoms with Gasteiger partial charge < -0.3 is 14.8 Å². The summed E-state index contributed by atoms with van der Waals surface area (Å²) in [6, 6.07) is 4.25. The van der Waals surface area contributed by atoms with E-state index in [-0.39, 0.29) is 52.0 Å². The molecule has 0 fully saturated rings. The molecule has 0 atom stereocenters. The van der Waals surface area contributed by atoms with Crippen molar-refractivity contribution in [1.82, 2.24) is 19.4 Å². The molecule has 0 aliphatic rings. The number of aromatic nitrogens is 4. The largest absolute Gasteiger partial charge is 0.494 e. The quantitative estimate of drug-likeness (QED) is 0.205. The lowest BCUT2D eigenvalue weighted by atomic mass is 10.0. The van der Waals surface area contributed by atoms with Gasteiger partial charge in [0.25, 0.3) is 0 Å². The van der Waals surface area contributed by atoms with Gasteiger partial charge in [0.1, 0.15) is 17.3 Å². The lowest BCUT2D eigenvalue weighted by Crippen LogP contribution is -2.08. The third-order valence-corrected chi connectivity index (χ3v) is 6.01. The molecule has 0 aliphatic carbocycles. The molecule has 3 heterocycles. The van der Waals surface area contributed by atoms with Crippen LogP contribution >= 0.6 is 0 Å². The number of rotatable bonds is 8. The predicted molar refractivity (Wildman–Crippen MR) is 135 cm³/mol. The van der Waals surface area contributed by atoms with Crippen LogP contribution in [0.15, 0.2) is 55.5 Å². The Bertz CT molecular complexity index is 1760. The van der Waals surface area contributed by atoms with E-state index in [1.54, 1.807) is 0 Å². The summed E-state index contributed by atoms with van der Waals surface area (Å²) >= 11 is 0. The summed E-state index contributed by atoms with van der Waals surface area (Å²) in [7, 11) is 2.49. The fourth-order valence-corrected chi connectivity index (χ4v) is 4.21. The van der Waals surface area contributed by atoms with Crippen molar-refractivity contribution < 1.29 is 31.8 Å². The molecule has 5 aromatic rings. The number of methoxy groups -OCH3 is 2. The van der Waals surface area contributed by atoms with Gasteiger partial charge >= 0.3 is 0 Å². The fourth-order valence-electron chi connectivity index (χ4n) is 4.21. The number of fused-ring (bicyclic) bond motifs is 3. The van der Waals surface area contributed by atoms with Gasteiger partial charge in [0, 0.05) is 48.1 Å². The maximum absolute atomic E-state index is 15.3. The number of imidazole rings is 1. The second kappa shape index (κ2) is 10.0. The zero-order chi connectivity index (χ0) is 27.8. The number of carbonyl (C=O) groups is 1. The summed E-state index contributed by atoms with van der Waals surface area (Å²) in [5, 5.41) is 3.07. The Morgan fingerprint density at radius 2 is 1.74 bits per heavy atom. The second-order valence-electron chi connectivity index (χ2n) is 8.33. The molecular weight excluding hydrogens is 518 g/mol. The van der Waals surface area contributed by atoms with Crippen molar-refractivity contribution >= 4 is 34.1 Å². The number of benzene rings is 2. The molecule has 39 heavy (non-hydrogen) atoms. The summed E-state index contributed by atoms with van der Waals surface area (Å²) in [5.74, 6) is -4.68. The van der Waals surface area contributed by atoms with Crippen LogP contribution in [0.3, 0.4) is 0 Å². The zero-order valence-electron chi connectivity index (χ0n) is 20.6. The SMILES string of the molecule is C=CC(=O)Cc1cc(F)cc(F)c1Nc1ncc2cc(-c3c(F)c(OC)cc(OC)c3F)c3nccn3c2n1. The molecule has 3 aromatic heterocycles. The number of hydrogen-bond donors (Lipinski definition) is 1. The van der Waals surface area contributed by atoms with E-state index in [9.17, 15) is 13.6 Å². The van der Waals surface area contributed by atoms with E-state index in [4.69, 9.17) is 9.47 Å². The Balaban J connectivity index is 1.66. The number of allylic oxidation sites excluding steroid dienone is 1. The molecule has 0 aliphatic heterocycles. The number of halogens is 4. The molecule has 8 nitrogen and oxygen atoms in total. The number of pyridine rings is 1. The van der Waals surface area contributed by atoms with Gasteiger partial charge in [-0.15, -0.1) is 0 Å². The van der Waals surface area contributed by atoms with Crippen molar-refractivity contribution in [3.05, 3.63) is 84.3 Å². The molecule has 0 unspecified atom stereocenters. The van der Waals surface area contributed by atoms with E-state index < -0.39 is 34.6 Å². The van der Waals surface area contributed by atoms with Crippen LogP contribution < -0.4 is 14.8 Å². The number of carbonyl (C=O) groups excluding carboxylic acids is 1. The van der Waals surface area contributed by atoms with Crippen LogP contribution in [0.4, 0.5) is 29.2 Å². The van der Waals surface area contributed by atoms with Gasteiger partial charge in [-0.05, 0) is 23.8 Å². The highest BCUT2D eigenvalue weighted by atomic mass is 19.1. The van der Waals surface area contributed by atoms with Crippen molar-refractivity contribution in [1.29, 1.82) is 0 Å². The number of ether oxygens (including phenoxy) is 2. The topological polar surface area (TPSA) is 90.6 Å². The highest BCUT2D eigenvalue weighted by Crippen LogP contribution is 2.40. The van der Waals surface area contributed by atoms with Crippen molar-refractivity contribution in [2.24, 2.45) is 0 Å². The molecule has 0 saturated heterocycles. The molecule has 0 radical (unpaired) electrons. The number of hydrogen-bond acceptors (Lipinski definition) is 7. The first-order valence-corrected chi connectivity index (χ1v) is 11.4. The minimum Gasteiger partial charge on any atom is -0.494 e. The first-order valence-electron chi connectivity index (χ1n) is 11.4. The maximum Gasteiger partial charge on any atom is 0.229 e. The van der Waals surface area contributed by atoms with Crippen molar-refractivity contribution in [3.8, 4) is 22.6 Å². The standard InChI is InChI=1S/C27H19F4N5O3/c1-4-16(37)8-13-7-15(28)10-18(29)24(13)34-27-33-12-14-9-17(26-32-5-6-36(26)25(14)35-27)21-22(30)19(38-2)11-20(39-3)23(21)31/h4-7,9-12H,1,8H2,2-3H3,(H,33,34,35). The van der Waals surface area contributed by atoms with E-state index >= 15 is 8.78 Å². The van der Waals surface area contributed by atoms with Gasteiger partial charge in [-0.1, -0.05) is 6.58 Å². The van der Waals surface area contributed by atoms with Gasteiger partial charge in [-0.25, -0.2) is 27.5 Å². The van der Waals surface area contributed by atoms with Crippen LogP contribution in [0.25, 0.3) is 27.8 Å². The Labute approximate surface area is 218 Å². The van der Waals surface area contributed by atoms with E-state index in [0.29, 0.717) is 11.5 Å². The Kier molecular flexibility index (Phi) is 6.60. The van der Waals surface area contributed by atoms with Gasteiger partial charge in [0.05, 0.1) is 25.5 Å². The van der Waals surface area contributed by atoms with E-state index in [0.717, 1.165) is 18.2 Å². The average molecular weight is 537 g/mol. The normalized spacial score (nSPS) is 11.1. The molecular formula is C27H19F4N5O3. The molecule has 1 N–H and O–H groups in total. The van der Waals surface area contributed by atoms with Gasteiger partial charge in [0.2, 0.25) is 5.95 Å². The summed E-state index contributed by atoms with van der Waals surface area (Å²) in [6.45, 7) is 3.38. The molecule has 5 rings (SSSR count). The molecule has 2 aromatic carbocycles. The van der Waals surface area contributed by atoms with Gasteiger partial charge in [-0.3, -0.25) is 9.20 Å². The average Bonchev–Trinajstić information content (AvgIpc) is 3.41. The van der Waals surface area contributed by atoms with Crippen LogP contribution in [0.2, 0.25) is 0 Å². The third-order valence-electron chi connectivity index (χ3n) is 6.01. The van der Waals surface area contributed by atoms with Gasteiger partial charge in [-0.2, -0.15) is 4.98 Å². The first kappa shape index (κ1) is 25.6. The molecule has 0 amide bonds. The number of nitrogens with one attached hydrogen (secondary N) is 1.